The lowest BCUT2D eigenvalue weighted by atomic mass is 9.86. The molecule has 0 aromatic heterocycles. The van der Waals surface area contributed by atoms with Gasteiger partial charge in [0.2, 0.25) is 0 Å². The molecule has 2 rings (SSSR count). The van der Waals surface area contributed by atoms with Crippen LogP contribution in [0.2, 0.25) is 0 Å². The Bertz CT molecular complexity index is 482. The molecule has 1 aromatic rings. The largest absolute Gasteiger partial charge is 0.441 e. The average molecular weight is 232 g/mol. The van der Waals surface area contributed by atoms with Crippen molar-refractivity contribution in [1.29, 1.82) is 0 Å². The molecule has 0 heterocycles. The molecule has 6 heteroatoms. The highest BCUT2D eigenvalue weighted by molar-refractivity contribution is 5.65. The number of azide groups is 1. The number of carbonyl (C=O) groups excluding carboxylic acids is 1. The van der Waals surface area contributed by atoms with E-state index < -0.39 is 12.2 Å². The number of primary amides is 1. The van der Waals surface area contributed by atoms with Gasteiger partial charge in [-0.25, -0.2) is 4.79 Å². The molecule has 0 bridgehead atoms. The summed E-state index contributed by atoms with van der Waals surface area (Å²) in [5.41, 5.74) is 15.5. The van der Waals surface area contributed by atoms with Crippen LogP contribution in [0, 0.1) is 0 Å². The van der Waals surface area contributed by atoms with Crippen LogP contribution in [-0.2, 0) is 11.2 Å². The summed E-state index contributed by atoms with van der Waals surface area (Å²) in [6.45, 7) is 0. The molecule has 88 valence electrons. The molecular weight excluding hydrogens is 220 g/mol. The number of benzene rings is 1. The summed E-state index contributed by atoms with van der Waals surface area (Å²) >= 11 is 0. The van der Waals surface area contributed by atoms with Gasteiger partial charge in [-0.05, 0) is 29.5 Å². The van der Waals surface area contributed by atoms with E-state index in [0.717, 1.165) is 17.5 Å². The lowest BCUT2D eigenvalue weighted by molar-refractivity contribution is 0.0836. The van der Waals surface area contributed by atoms with Crippen molar-refractivity contribution in [2.45, 2.75) is 25.0 Å². The molecule has 6 nitrogen and oxygen atoms in total. The number of fused-ring (bicyclic) bond motifs is 1. The predicted octanol–water partition coefficient (Wildman–Crippen LogP) is 2.45. The Balaban J connectivity index is 2.38. The monoisotopic (exact) mass is 232 g/mol. The van der Waals surface area contributed by atoms with Crippen LogP contribution in [0.4, 0.5) is 4.79 Å². The van der Waals surface area contributed by atoms with Crippen molar-refractivity contribution in [3.05, 3.63) is 45.8 Å². The van der Waals surface area contributed by atoms with E-state index in [2.05, 4.69) is 10.0 Å². The highest BCUT2D eigenvalue weighted by atomic mass is 16.6. The maximum atomic E-state index is 10.9. The number of aryl methyl sites for hydroxylation is 1. The van der Waals surface area contributed by atoms with Crippen molar-refractivity contribution >= 4 is 6.09 Å². The molecule has 0 spiro atoms. The third-order valence-electron chi connectivity index (χ3n) is 2.86. The Labute approximate surface area is 98.0 Å². The fourth-order valence-corrected chi connectivity index (χ4v) is 2.15. The normalized spacial score (nSPS) is 22.1. The van der Waals surface area contributed by atoms with Crippen LogP contribution >= 0.6 is 0 Å². The highest BCUT2D eigenvalue weighted by Gasteiger charge is 2.31. The van der Waals surface area contributed by atoms with Gasteiger partial charge in [-0.3, -0.25) is 0 Å². The number of carbonyl (C=O) groups is 1. The molecule has 1 aliphatic carbocycles. The molecule has 0 aliphatic heterocycles. The van der Waals surface area contributed by atoms with Crippen molar-refractivity contribution in [3.8, 4) is 0 Å². The number of hydrogen-bond donors (Lipinski definition) is 1. The zero-order chi connectivity index (χ0) is 12.3. The summed E-state index contributed by atoms with van der Waals surface area (Å²) in [6.07, 6.45) is 0.0236. The molecule has 2 N–H and O–H groups in total. The minimum Gasteiger partial charge on any atom is -0.441 e. The number of nitrogens with two attached hydrogens (primary N) is 1. The van der Waals surface area contributed by atoms with E-state index in [9.17, 15) is 4.79 Å². The molecule has 0 radical (unpaired) electrons. The number of ether oxygens (including phenoxy) is 1. The Kier molecular flexibility index (Phi) is 3.16. The predicted molar refractivity (Wildman–Crippen MR) is 61.1 cm³/mol. The summed E-state index contributed by atoms with van der Waals surface area (Å²) in [5.74, 6) is 0. The quantitative estimate of drug-likeness (QED) is 0.481. The molecule has 2 atom stereocenters. The maximum absolute atomic E-state index is 10.9. The van der Waals surface area contributed by atoms with Crippen molar-refractivity contribution in [2.75, 3.05) is 0 Å². The van der Waals surface area contributed by atoms with E-state index in [0.29, 0.717) is 6.42 Å². The second kappa shape index (κ2) is 4.76. The molecular formula is C11H12N4O2. The third kappa shape index (κ3) is 2.32. The first-order valence-corrected chi connectivity index (χ1v) is 5.30. The van der Waals surface area contributed by atoms with Crippen LogP contribution in [0.5, 0.6) is 0 Å². The number of amides is 1. The molecule has 1 aliphatic rings. The van der Waals surface area contributed by atoms with Gasteiger partial charge in [-0.15, -0.1) is 0 Å². The average Bonchev–Trinajstić information content (AvgIpc) is 2.32. The van der Waals surface area contributed by atoms with Crippen LogP contribution < -0.4 is 5.73 Å². The smallest absolute Gasteiger partial charge is 0.405 e. The lowest BCUT2D eigenvalue weighted by Gasteiger charge is -2.29. The molecule has 1 amide bonds. The van der Waals surface area contributed by atoms with Gasteiger partial charge in [0.15, 0.2) is 0 Å². The first-order valence-electron chi connectivity index (χ1n) is 5.30. The Hall–Kier alpha value is -2.20. The van der Waals surface area contributed by atoms with Crippen molar-refractivity contribution in [2.24, 2.45) is 10.8 Å². The minimum atomic E-state index is -0.857. The van der Waals surface area contributed by atoms with Gasteiger partial charge < -0.3 is 10.5 Å². The Morgan fingerprint density at radius 3 is 3.00 bits per heavy atom. The lowest BCUT2D eigenvalue weighted by Crippen LogP contribution is -2.29. The first-order chi connectivity index (χ1) is 8.22. The van der Waals surface area contributed by atoms with Crippen molar-refractivity contribution in [3.63, 3.8) is 0 Å². The molecule has 0 saturated carbocycles. The van der Waals surface area contributed by atoms with Crippen LogP contribution in [-0.4, -0.2) is 12.1 Å². The number of rotatable bonds is 2. The van der Waals surface area contributed by atoms with Crippen LogP contribution in [0.25, 0.3) is 10.4 Å². The standard InChI is InChI=1S/C11H12N4O2/c12-11(16)17-10-8-4-2-1-3-7(8)5-6-9(10)14-15-13/h1-4,9-10H,5-6H2,(H2,12,16)/t9-,10+/m0/s1. The fourth-order valence-electron chi connectivity index (χ4n) is 2.15. The van der Waals surface area contributed by atoms with Gasteiger partial charge in [-0.1, -0.05) is 29.4 Å². The Morgan fingerprint density at radius 1 is 1.53 bits per heavy atom. The summed E-state index contributed by atoms with van der Waals surface area (Å²) in [4.78, 5) is 13.7. The molecule has 0 saturated heterocycles. The van der Waals surface area contributed by atoms with E-state index in [-0.39, 0.29) is 6.04 Å². The fraction of sp³-hybridized carbons (Fsp3) is 0.364. The van der Waals surface area contributed by atoms with E-state index in [1.807, 2.05) is 24.3 Å². The SMILES string of the molecule is [N-]=[N+]=N[C@H]1CCc2ccccc2[C@H]1OC(N)=O. The highest BCUT2D eigenvalue weighted by Crippen LogP contribution is 2.34. The van der Waals surface area contributed by atoms with Gasteiger partial charge in [0, 0.05) is 4.91 Å². The second-order valence-corrected chi connectivity index (χ2v) is 3.87. The van der Waals surface area contributed by atoms with Crippen LogP contribution in [0.15, 0.2) is 29.4 Å². The minimum absolute atomic E-state index is 0.387. The summed E-state index contributed by atoms with van der Waals surface area (Å²) in [7, 11) is 0. The molecule has 1 aromatic carbocycles. The molecule has 0 fully saturated rings. The van der Waals surface area contributed by atoms with E-state index in [1.54, 1.807) is 0 Å². The first kappa shape index (κ1) is 11.3. The zero-order valence-corrected chi connectivity index (χ0v) is 9.11. The maximum Gasteiger partial charge on any atom is 0.405 e. The van der Waals surface area contributed by atoms with Gasteiger partial charge >= 0.3 is 6.09 Å². The zero-order valence-electron chi connectivity index (χ0n) is 9.11. The molecule has 0 unspecified atom stereocenters. The van der Waals surface area contributed by atoms with Gasteiger partial charge in [-0.2, -0.15) is 0 Å². The van der Waals surface area contributed by atoms with Crippen molar-refractivity contribution in [1.82, 2.24) is 0 Å². The van der Waals surface area contributed by atoms with E-state index >= 15 is 0 Å². The van der Waals surface area contributed by atoms with E-state index in [4.69, 9.17) is 16.0 Å². The summed E-state index contributed by atoms with van der Waals surface area (Å²) in [6, 6.07) is 7.23. The summed E-state index contributed by atoms with van der Waals surface area (Å²) < 4.78 is 5.06. The second-order valence-electron chi connectivity index (χ2n) is 3.87. The summed E-state index contributed by atoms with van der Waals surface area (Å²) in [5, 5.41) is 3.66. The Morgan fingerprint density at radius 2 is 2.29 bits per heavy atom. The number of nitrogens with zero attached hydrogens (tertiary/aromatic N) is 3. The topological polar surface area (TPSA) is 101 Å². The third-order valence-corrected chi connectivity index (χ3v) is 2.86. The molecule has 17 heavy (non-hydrogen) atoms. The van der Waals surface area contributed by atoms with Gasteiger partial charge in [0.25, 0.3) is 0 Å². The van der Waals surface area contributed by atoms with Gasteiger partial charge in [0.05, 0.1) is 6.04 Å². The van der Waals surface area contributed by atoms with Crippen LogP contribution in [0.1, 0.15) is 23.7 Å². The van der Waals surface area contributed by atoms with E-state index in [1.165, 1.54) is 0 Å². The number of hydrogen-bond acceptors (Lipinski definition) is 3. The van der Waals surface area contributed by atoms with Gasteiger partial charge in [0.1, 0.15) is 6.10 Å². The van der Waals surface area contributed by atoms with Crippen LogP contribution in [0.3, 0.4) is 0 Å². The van der Waals surface area contributed by atoms with Crippen molar-refractivity contribution < 1.29 is 9.53 Å².